The topological polar surface area (TPSA) is 126 Å². The molecule has 47 heavy (non-hydrogen) atoms. The van der Waals surface area contributed by atoms with E-state index in [1.165, 1.54) is 10.5 Å². The van der Waals surface area contributed by atoms with Gasteiger partial charge < -0.3 is 14.8 Å². The average molecular weight is 675 g/mol. The molecule has 12 heteroatoms. The van der Waals surface area contributed by atoms with E-state index in [-0.39, 0.29) is 30.1 Å². The number of amides is 2. The first-order valence-corrected chi connectivity index (χ1v) is 16.9. The van der Waals surface area contributed by atoms with Crippen LogP contribution >= 0.6 is 11.6 Å². The molecule has 0 aliphatic carbocycles. The fraction of sp³-hybridized carbons (Fsp3) is 0.229. The molecule has 0 saturated carbocycles. The highest BCUT2D eigenvalue weighted by Gasteiger charge is 2.26. The summed E-state index contributed by atoms with van der Waals surface area (Å²) in [4.78, 5) is 24.9. The second kappa shape index (κ2) is 15.7. The molecule has 0 radical (unpaired) electrons. The number of sulfonamides is 1. The molecular formula is C35H35ClN4O6S. The Morgan fingerprint density at radius 1 is 1.02 bits per heavy atom. The van der Waals surface area contributed by atoms with Crippen molar-refractivity contribution in [2.75, 3.05) is 24.1 Å². The maximum Gasteiger partial charge on any atom is 0.271 e. The third kappa shape index (κ3) is 9.19. The van der Waals surface area contributed by atoms with Crippen molar-refractivity contribution in [2.24, 2.45) is 5.10 Å². The van der Waals surface area contributed by atoms with Gasteiger partial charge in [0.2, 0.25) is 0 Å². The highest BCUT2D eigenvalue weighted by Crippen LogP contribution is 2.31. The van der Waals surface area contributed by atoms with E-state index < -0.39 is 15.9 Å². The van der Waals surface area contributed by atoms with Crippen LogP contribution in [-0.4, -0.2) is 52.3 Å². The number of ether oxygens (including phenoxy) is 2. The molecule has 1 atom stereocenters. The number of carbonyl (C=O) groups excluding carboxylic acids is 2. The molecule has 2 amide bonds. The van der Waals surface area contributed by atoms with Crippen molar-refractivity contribution in [1.29, 1.82) is 0 Å². The van der Waals surface area contributed by atoms with Crippen LogP contribution in [-0.2, 0) is 26.1 Å². The molecule has 0 aromatic heterocycles. The van der Waals surface area contributed by atoms with Gasteiger partial charge in [-0.1, -0.05) is 48.0 Å². The van der Waals surface area contributed by atoms with E-state index in [1.807, 2.05) is 6.92 Å². The maximum atomic E-state index is 13.7. The molecule has 4 aromatic rings. The maximum absolute atomic E-state index is 13.7. The summed E-state index contributed by atoms with van der Waals surface area (Å²) < 4.78 is 39.8. The van der Waals surface area contributed by atoms with Gasteiger partial charge in [0.1, 0.15) is 5.75 Å². The Bertz CT molecular complexity index is 1810. The molecule has 5 rings (SSSR count). The van der Waals surface area contributed by atoms with E-state index in [0.717, 1.165) is 25.0 Å². The number of benzene rings is 4. The number of aryl methyl sites for hydroxylation is 1. The molecular weight excluding hydrogens is 640 g/mol. The van der Waals surface area contributed by atoms with Crippen LogP contribution in [0.15, 0.2) is 107 Å². The molecule has 1 heterocycles. The molecule has 4 aromatic carbocycles. The zero-order valence-corrected chi connectivity index (χ0v) is 27.3. The third-order valence-corrected chi connectivity index (χ3v) is 9.50. The molecule has 0 bridgehead atoms. The Balaban J connectivity index is 1.16. The minimum absolute atomic E-state index is 0.0261. The lowest BCUT2D eigenvalue weighted by Gasteiger charge is -2.26. The van der Waals surface area contributed by atoms with Gasteiger partial charge in [-0.3, -0.25) is 13.9 Å². The summed E-state index contributed by atoms with van der Waals surface area (Å²) >= 11 is 6.25. The van der Waals surface area contributed by atoms with Crippen molar-refractivity contribution in [3.8, 4) is 5.75 Å². The summed E-state index contributed by atoms with van der Waals surface area (Å²) in [6.45, 7) is 2.97. The number of hydrogen-bond acceptors (Lipinski definition) is 7. The molecule has 0 spiro atoms. The summed E-state index contributed by atoms with van der Waals surface area (Å²) in [7, 11) is -3.93. The monoisotopic (exact) mass is 674 g/mol. The quantitative estimate of drug-likeness (QED) is 0.143. The highest BCUT2D eigenvalue weighted by molar-refractivity contribution is 7.92. The zero-order valence-electron chi connectivity index (χ0n) is 25.8. The van der Waals surface area contributed by atoms with Gasteiger partial charge in [0.05, 0.1) is 29.4 Å². The van der Waals surface area contributed by atoms with Gasteiger partial charge in [-0.15, -0.1) is 0 Å². The smallest absolute Gasteiger partial charge is 0.271 e. The number of carbonyl (C=O) groups is 2. The Morgan fingerprint density at radius 3 is 2.47 bits per heavy atom. The van der Waals surface area contributed by atoms with Gasteiger partial charge in [0.15, 0.2) is 6.61 Å². The minimum Gasteiger partial charge on any atom is -0.484 e. The number of hydrazone groups is 1. The molecule has 0 unspecified atom stereocenters. The third-order valence-electron chi connectivity index (χ3n) is 7.49. The minimum atomic E-state index is -3.93. The van der Waals surface area contributed by atoms with Gasteiger partial charge in [0, 0.05) is 23.7 Å². The van der Waals surface area contributed by atoms with Crippen LogP contribution in [0.1, 0.15) is 39.9 Å². The van der Waals surface area contributed by atoms with Gasteiger partial charge in [-0.2, -0.15) is 5.10 Å². The number of nitrogens with zero attached hydrogens (tertiary/aromatic N) is 2. The van der Waals surface area contributed by atoms with Crippen molar-refractivity contribution in [3.05, 3.63) is 124 Å². The normalized spacial score (nSPS) is 14.6. The lowest BCUT2D eigenvalue weighted by Crippen LogP contribution is -2.35. The van der Waals surface area contributed by atoms with E-state index in [2.05, 4.69) is 15.8 Å². The lowest BCUT2D eigenvalue weighted by molar-refractivity contribution is -0.123. The predicted octanol–water partition coefficient (Wildman–Crippen LogP) is 5.48. The largest absolute Gasteiger partial charge is 0.484 e. The van der Waals surface area contributed by atoms with Gasteiger partial charge in [-0.25, -0.2) is 13.8 Å². The van der Waals surface area contributed by atoms with Crippen LogP contribution in [0, 0.1) is 6.92 Å². The fourth-order valence-electron chi connectivity index (χ4n) is 4.91. The summed E-state index contributed by atoms with van der Waals surface area (Å²) in [5, 5.41) is 7.27. The SMILES string of the molecule is Cc1ccc(Cl)cc1N(Cc1ccc(C(=O)N/N=C\c2ccc(OCC(=O)NC[C@@H]3CCCO3)cc2)cc1)S(=O)(=O)c1ccccc1. The Morgan fingerprint density at radius 2 is 1.77 bits per heavy atom. The highest BCUT2D eigenvalue weighted by atomic mass is 35.5. The van der Waals surface area contributed by atoms with Crippen molar-refractivity contribution in [3.63, 3.8) is 0 Å². The van der Waals surface area contributed by atoms with E-state index in [4.69, 9.17) is 21.1 Å². The van der Waals surface area contributed by atoms with E-state index in [9.17, 15) is 18.0 Å². The molecule has 1 aliphatic rings. The van der Waals surface area contributed by atoms with Gasteiger partial charge in [-0.05, 0) is 97.1 Å². The van der Waals surface area contributed by atoms with Crippen LogP contribution in [0.4, 0.5) is 5.69 Å². The van der Waals surface area contributed by atoms with Crippen molar-refractivity contribution >= 4 is 45.3 Å². The lowest BCUT2D eigenvalue weighted by atomic mass is 10.1. The summed E-state index contributed by atoms with van der Waals surface area (Å²) in [6.07, 6.45) is 3.53. The molecule has 1 aliphatic heterocycles. The second-order valence-corrected chi connectivity index (χ2v) is 13.2. The van der Waals surface area contributed by atoms with E-state index >= 15 is 0 Å². The molecule has 1 fully saturated rings. The first-order chi connectivity index (χ1) is 22.7. The van der Waals surface area contributed by atoms with Crippen LogP contribution in [0.25, 0.3) is 0 Å². The molecule has 244 valence electrons. The van der Waals surface area contributed by atoms with Gasteiger partial charge in [0.25, 0.3) is 21.8 Å². The van der Waals surface area contributed by atoms with Crippen LogP contribution in [0.5, 0.6) is 5.75 Å². The number of hydrogen-bond donors (Lipinski definition) is 2. The predicted molar refractivity (Wildman–Crippen MR) is 181 cm³/mol. The Kier molecular flexibility index (Phi) is 11.3. The van der Waals surface area contributed by atoms with Gasteiger partial charge >= 0.3 is 0 Å². The second-order valence-electron chi connectivity index (χ2n) is 10.9. The van der Waals surface area contributed by atoms with E-state index in [0.29, 0.717) is 39.7 Å². The molecule has 10 nitrogen and oxygen atoms in total. The number of nitrogens with one attached hydrogen (secondary N) is 2. The number of halogens is 1. The first kappa shape index (κ1) is 33.6. The first-order valence-electron chi connectivity index (χ1n) is 15.1. The number of rotatable bonds is 13. The summed E-state index contributed by atoms with van der Waals surface area (Å²) in [5.74, 6) is -0.118. The van der Waals surface area contributed by atoms with Crippen LogP contribution < -0.4 is 19.8 Å². The van der Waals surface area contributed by atoms with Crippen molar-refractivity contribution in [1.82, 2.24) is 10.7 Å². The standard InChI is InChI=1S/C35H35ClN4O6S/c1-25-9-16-29(36)20-33(25)40(47(43,44)32-7-3-2-4-8-32)23-27-10-14-28(15-11-27)35(42)39-38-21-26-12-17-30(18-13-26)46-24-34(41)37-22-31-6-5-19-45-31/h2-4,7-18,20-21,31H,5-6,19,22-24H2,1H3,(H,37,41)(H,39,42)/b38-21-/t31-/m0/s1. The summed E-state index contributed by atoms with van der Waals surface area (Å²) in [5.41, 5.74) is 5.45. The Labute approximate surface area is 279 Å². The van der Waals surface area contributed by atoms with Crippen molar-refractivity contribution < 1.29 is 27.5 Å². The average Bonchev–Trinajstić information content (AvgIpc) is 3.61. The molecule has 1 saturated heterocycles. The fourth-order valence-corrected chi connectivity index (χ4v) is 6.61. The zero-order chi connectivity index (χ0) is 33.2. The van der Waals surface area contributed by atoms with E-state index in [1.54, 1.807) is 97.1 Å². The molecule has 2 N–H and O–H groups in total. The summed E-state index contributed by atoms with van der Waals surface area (Å²) in [6, 6.07) is 26.9. The van der Waals surface area contributed by atoms with Crippen LogP contribution in [0.3, 0.4) is 0 Å². The van der Waals surface area contributed by atoms with Crippen molar-refractivity contribution in [2.45, 2.75) is 37.3 Å². The number of anilines is 1. The van der Waals surface area contributed by atoms with Crippen LogP contribution in [0.2, 0.25) is 5.02 Å². The Hall–Kier alpha value is -4.71.